The maximum atomic E-state index is 12.8. The van der Waals surface area contributed by atoms with E-state index in [2.05, 4.69) is 0 Å². The highest BCUT2D eigenvalue weighted by molar-refractivity contribution is 7.89. The van der Waals surface area contributed by atoms with E-state index in [-0.39, 0.29) is 18.0 Å². The lowest BCUT2D eigenvalue weighted by Crippen LogP contribution is -2.47. The van der Waals surface area contributed by atoms with Crippen molar-refractivity contribution in [3.8, 4) is 0 Å². The van der Waals surface area contributed by atoms with Crippen LogP contribution < -0.4 is 0 Å². The summed E-state index contributed by atoms with van der Waals surface area (Å²) < 4.78 is 27.0. The summed E-state index contributed by atoms with van der Waals surface area (Å²) in [4.78, 5) is 12.2. The van der Waals surface area contributed by atoms with Crippen molar-refractivity contribution in [1.29, 1.82) is 0 Å². The van der Waals surface area contributed by atoms with Gasteiger partial charge in [0.2, 0.25) is 10.0 Å². The molecule has 138 valence electrons. The van der Waals surface area contributed by atoms with Crippen molar-refractivity contribution in [2.75, 3.05) is 13.1 Å². The highest BCUT2D eigenvalue weighted by atomic mass is 32.2. The minimum absolute atomic E-state index is 0.218. The Hall–Kier alpha value is -2.18. The van der Waals surface area contributed by atoms with Gasteiger partial charge in [-0.15, -0.1) is 0 Å². The molecular formula is C20H23NO4S. The third-order valence-electron chi connectivity index (χ3n) is 5.18. The van der Waals surface area contributed by atoms with Crippen molar-refractivity contribution in [3.63, 3.8) is 0 Å². The summed E-state index contributed by atoms with van der Waals surface area (Å²) in [6, 6.07) is 16.3. The van der Waals surface area contributed by atoms with Gasteiger partial charge in [0.05, 0.1) is 10.3 Å². The Balaban J connectivity index is 1.77. The fourth-order valence-corrected chi connectivity index (χ4v) is 4.91. The summed E-state index contributed by atoms with van der Waals surface area (Å²) in [5.41, 5.74) is 1.04. The van der Waals surface area contributed by atoms with E-state index in [1.165, 1.54) is 4.31 Å². The molecule has 2 aromatic carbocycles. The Morgan fingerprint density at radius 1 is 1.04 bits per heavy atom. The van der Waals surface area contributed by atoms with Crippen LogP contribution in [0.2, 0.25) is 0 Å². The number of aliphatic carboxylic acids is 1. The Morgan fingerprint density at radius 3 is 2.15 bits per heavy atom. The zero-order chi connectivity index (χ0) is 18.8. The van der Waals surface area contributed by atoms with Crippen molar-refractivity contribution in [2.45, 2.75) is 31.1 Å². The first-order valence-electron chi connectivity index (χ1n) is 8.68. The Labute approximate surface area is 154 Å². The van der Waals surface area contributed by atoms with Crippen LogP contribution in [0.1, 0.15) is 24.0 Å². The van der Waals surface area contributed by atoms with Crippen LogP contribution in [0, 0.1) is 12.3 Å². The minimum Gasteiger partial charge on any atom is -0.481 e. The van der Waals surface area contributed by atoms with Crippen molar-refractivity contribution in [1.82, 2.24) is 4.31 Å². The van der Waals surface area contributed by atoms with Crippen molar-refractivity contribution in [2.24, 2.45) is 5.41 Å². The second-order valence-corrected chi connectivity index (χ2v) is 8.90. The van der Waals surface area contributed by atoms with Crippen LogP contribution in [0.3, 0.4) is 0 Å². The lowest BCUT2D eigenvalue weighted by molar-refractivity contribution is -0.151. The molecule has 1 N–H and O–H groups in total. The summed E-state index contributed by atoms with van der Waals surface area (Å²) in [7, 11) is -3.59. The van der Waals surface area contributed by atoms with Crippen LogP contribution in [0.5, 0.6) is 0 Å². The molecule has 1 saturated heterocycles. The van der Waals surface area contributed by atoms with Gasteiger partial charge in [-0.3, -0.25) is 4.79 Å². The standard InChI is InChI=1S/C20H23NO4S/c1-16-7-9-18(10-8-16)26(24,25)21-13-11-20(12-14-21,19(22)23)15-17-5-3-2-4-6-17/h2-10H,11-15H2,1H3,(H,22,23). The number of piperidine rings is 1. The molecule has 6 heteroatoms. The molecule has 26 heavy (non-hydrogen) atoms. The molecule has 0 atom stereocenters. The zero-order valence-corrected chi connectivity index (χ0v) is 15.6. The number of rotatable bonds is 5. The van der Waals surface area contributed by atoms with Crippen molar-refractivity contribution >= 4 is 16.0 Å². The van der Waals surface area contributed by atoms with Gasteiger partial charge in [-0.1, -0.05) is 48.0 Å². The summed E-state index contributed by atoms with van der Waals surface area (Å²) in [5, 5.41) is 9.82. The molecule has 0 unspecified atom stereocenters. The predicted octanol–water partition coefficient (Wildman–Crippen LogP) is 3.09. The van der Waals surface area contributed by atoms with Crippen LogP contribution in [0.25, 0.3) is 0 Å². The average Bonchev–Trinajstić information content (AvgIpc) is 2.63. The van der Waals surface area contributed by atoms with Crippen LogP contribution >= 0.6 is 0 Å². The molecule has 5 nitrogen and oxygen atoms in total. The monoisotopic (exact) mass is 373 g/mol. The summed E-state index contributed by atoms with van der Waals surface area (Å²) in [6.45, 7) is 2.34. The molecular weight excluding hydrogens is 350 g/mol. The lowest BCUT2D eigenvalue weighted by atomic mass is 9.74. The number of carboxylic acid groups (broad SMARTS) is 1. The lowest BCUT2D eigenvalue weighted by Gasteiger charge is -2.38. The van der Waals surface area contributed by atoms with E-state index in [0.717, 1.165) is 11.1 Å². The van der Waals surface area contributed by atoms with Gasteiger partial charge < -0.3 is 5.11 Å². The molecule has 0 aliphatic carbocycles. The third kappa shape index (κ3) is 3.66. The molecule has 1 fully saturated rings. The van der Waals surface area contributed by atoms with Crippen LogP contribution in [-0.4, -0.2) is 36.9 Å². The Bertz CT molecular complexity index is 868. The third-order valence-corrected chi connectivity index (χ3v) is 7.09. The SMILES string of the molecule is Cc1ccc(S(=O)(=O)N2CCC(Cc3ccccc3)(C(=O)O)CC2)cc1. The summed E-state index contributed by atoms with van der Waals surface area (Å²) >= 11 is 0. The largest absolute Gasteiger partial charge is 0.481 e. The summed E-state index contributed by atoms with van der Waals surface area (Å²) in [5.74, 6) is -0.853. The van der Waals surface area contributed by atoms with E-state index >= 15 is 0 Å². The van der Waals surface area contributed by atoms with E-state index < -0.39 is 21.4 Å². The van der Waals surface area contributed by atoms with Gasteiger partial charge in [0.15, 0.2) is 0 Å². The number of carboxylic acids is 1. The topological polar surface area (TPSA) is 74.7 Å². The van der Waals surface area contributed by atoms with Gasteiger partial charge >= 0.3 is 5.97 Å². The normalized spacial score (nSPS) is 17.7. The molecule has 3 rings (SSSR count). The van der Waals surface area contributed by atoms with Gasteiger partial charge in [-0.2, -0.15) is 4.31 Å². The number of carbonyl (C=O) groups is 1. The molecule has 1 heterocycles. The molecule has 1 aliphatic rings. The van der Waals surface area contributed by atoms with E-state index in [1.807, 2.05) is 37.3 Å². The molecule has 0 bridgehead atoms. The number of hydrogen-bond acceptors (Lipinski definition) is 3. The number of sulfonamides is 1. The van der Waals surface area contributed by atoms with E-state index in [9.17, 15) is 18.3 Å². The van der Waals surface area contributed by atoms with Gasteiger partial charge in [-0.25, -0.2) is 8.42 Å². The van der Waals surface area contributed by atoms with E-state index in [4.69, 9.17) is 0 Å². The molecule has 0 saturated carbocycles. The maximum absolute atomic E-state index is 12.8. The van der Waals surface area contributed by atoms with Crippen LogP contribution in [-0.2, 0) is 21.2 Å². The number of aryl methyl sites for hydroxylation is 1. The minimum atomic E-state index is -3.59. The maximum Gasteiger partial charge on any atom is 0.310 e. The highest BCUT2D eigenvalue weighted by Gasteiger charge is 2.44. The Kier molecular flexibility index (Phi) is 5.16. The second-order valence-electron chi connectivity index (χ2n) is 6.96. The zero-order valence-electron chi connectivity index (χ0n) is 14.8. The van der Waals surface area contributed by atoms with Crippen LogP contribution in [0.15, 0.2) is 59.5 Å². The molecule has 0 radical (unpaired) electrons. The first-order chi connectivity index (χ1) is 12.3. The van der Waals surface area contributed by atoms with Gasteiger partial charge in [0.25, 0.3) is 0 Å². The van der Waals surface area contributed by atoms with Gasteiger partial charge in [-0.05, 0) is 43.9 Å². The van der Waals surface area contributed by atoms with Crippen molar-refractivity contribution in [3.05, 3.63) is 65.7 Å². The fraction of sp³-hybridized carbons (Fsp3) is 0.350. The summed E-state index contributed by atoms with van der Waals surface area (Å²) in [6.07, 6.45) is 1.03. The van der Waals surface area contributed by atoms with E-state index in [1.54, 1.807) is 24.3 Å². The average molecular weight is 373 g/mol. The van der Waals surface area contributed by atoms with Crippen molar-refractivity contribution < 1.29 is 18.3 Å². The second kappa shape index (κ2) is 7.21. The molecule has 1 aliphatic heterocycles. The van der Waals surface area contributed by atoms with Gasteiger partial charge in [0, 0.05) is 13.1 Å². The first-order valence-corrected chi connectivity index (χ1v) is 10.1. The van der Waals surface area contributed by atoms with Crippen LogP contribution in [0.4, 0.5) is 0 Å². The number of hydrogen-bond donors (Lipinski definition) is 1. The smallest absolute Gasteiger partial charge is 0.310 e. The van der Waals surface area contributed by atoms with E-state index in [0.29, 0.717) is 19.3 Å². The Morgan fingerprint density at radius 2 is 1.62 bits per heavy atom. The number of nitrogens with zero attached hydrogens (tertiary/aromatic N) is 1. The molecule has 0 aromatic heterocycles. The number of benzene rings is 2. The predicted molar refractivity (Wildman–Crippen MR) is 99.4 cm³/mol. The quantitative estimate of drug-likeness (QED) is 0.874. The molecule has 0 spiro atoms. The fourth-order valence-electron chi connectivity index (χ4n) is 3.47. The highest BCUT2D eigenvalue weighted by Crippen LogP contribution is 2.37. The first kappa shape index (κ1) is 18.6. The van der Waals surface area contributed by atoms with Gasteiger partial charge in [0.1, 0.15) is 0 Å². The molecule has 0 amide bonds. The molecule has 2 aromatic rings.